The molecule has 0 saturated heterocycles. The monoisotopic (exact) mass is 460 g/mol. The number of unbranched alkanes of at least 4 members (excludes halogenated alkanes) is 7. The van der Waals surface area contributed by atoms with Gasteiger partial charge < -0.3 is 4.43 Å². The van der Waals surface area contributed by atoms with Gasteiger partial charge in [-0.15, -0.1) is 6.58 Å². The molecule has 0 radical (unpaired) electrons. The maximum atomic E-state index is 7.13. The van der Waals surface area contributed by atoms with Gasteiger partial charge in [-0.3, -0.25) is 0 Å². The molecular weight excluding hydrogens is 408 g/mol. The summed E-state index contributed by atoms with van der Waals surface area (Å²) in [6, 6.07) is 11.1. The molecule has 0 fully saturated rings. The van der Waals surface area contributed by atoms with Crippen molar-refractivity contribution in [3.63, 3.8) is 0 Å². The van der Waals surface area contributed by atoms with E-state index in [-0.39, 0.29) is 5.04 Å². The van der Waals surface area contributed by atoms with Gasteiger partial charge in [-0.1, -0.05) is 134 Å². The predicted molar refractivity (Wildman–Crippen MR) is 147 cm³/mol. The minimum absolute atomic E-state index is 0.231. The van der Waals surface area contributed by atoms with E-state index in [2.05, 4.69) is 96.9 Å². The standard InChI is InChI=1S/C28H52OSi2/c1-10-12-13-14-15-16-17-21-24-26(29-31(8,9)28(3,4)5)27(11-2)30(6,7)25-22-19-18-20-23-25/h11,18-20,22-23,26-27H,2,10,12-17,21,24H2,1,3-9H3/t26-,27-/m1/s1. The van der Waals surface area contributed by atoms with Gasteiger partial charge >= 0.3 is 0 Å². The van der Waals surface area contributed by atoms with Crippen LogP contribution in [0.15, 0.2) is 43.0 Å². The SMILES string of the molecule is C=C[C@H]([C@@H](CCCCCCCCCC)O[Si](C)(C)C(C)(C)C)[Si](C)(C)c1ccccc1. The fourth-order valence-corrected chi connectivity index (χ4v) is 9.02. The van der Waals surface area contributed by atoms with E-state index in [9.17, 15) is 0 Å². The molecule has 1 nitrogen and oxygen atoms in total. The highest BCUT2D eigenvalue weighted by molar-refractivity contribution is 6.91. The van der Waals surface area contributed by atoms with E-state index in [1.807, 2.05) is 0 Å². The molecule has 0 saturated carbocycles. The zero-order chi connectivity index (χ0) is 23.5. The summed E-state index contributed by atoms with van der Waals surface area (Å²) >= 11 is 0. The molecule has 0 bridgehead atoms. The van der Waals surface area contributed by atoms with Gasteiger partial charge in [0, 0.05) is 11.6 Å². The molecule has 178 valence electrons. The second kappa shape index (κ2) is 13.2. The number of hydrogen-bond donors (Lipinski definition) is 0. The van der Waals surface area contributed by atoms with Crippen molar-refractivity contribution >= 4 is 21.6 Å². The van der Waals surface area contributed by atoms with Crippen LogP contribution in [0.3, 0.4) is 0 Å². The first-order valence-corrected chi connectivity index (χ1v) is 18.8. The van der Waals surface area contributed by atoms with Gasteiger partial charge in [0.25, 0.3) is 0 Å². The zero-order valence-electron chi connectivity index (χ0n) is 22.1. The van der Waals surface area contributed by atoms with Crippen molar-refractivity contribution in [2.45, 2.75) is 128 Å². The van der Waals surface area contributed by atoms with Crippen LogP contribution in [0.5, 0.6) is 0 Å². The first-order chi connectivity index (χ1) is 14.5. The maximum Gasteiger partial charge on any atom is 0.192 e. The van der Waals surface area contributed by atoms with Gasteiger partial charge in [0.1, 0.15) is 0 Å². The molecular formula is C28H52OSi2. The van der Waals surface area contributed by atoms with Crippen molar-refractivity contribution in [3.8, 4) is 0 Å². The summed E-state index contributed by atoms with van der Waals surface area (Å²) in [5.74, 6) is 0. The first-order valence-electron chi connectivity index (χ1n) is 12.8. The molecule has 0 aliphatic carbocycles. The Kier molecular flexibility index (Phi) is 12.0. The van der Waals surface area contributed by atoms with E-state index in [4.69, 9.17) is 4.43 Å². The molecule has 0 aliphatic heterocycles. The highest BCUT2D eigenvalue weighted by Gasteiger charge is 2.44. The summed E-state index contributed by atoms with van der Waals surface area (Å²) < 4.78 is 7.13. The van der Waals surface area contributed by atoms with Crippen LogP contribution in [-0.4, -0.2) is 22.5 Å². The smallest absolute Gasteiger partial charge is 0.192 e. The van der Waals surface area contributed by atoms with Crippen LogP contribution in [0.4, 0.5) is 0 Å². The quantitative estimate of drug-likeness (QED) is 0.144. The van der Waals surface area contributed by atoms with Crippen molar-refractivity contribution in [1.82, 2.24) is 0 Å². The lowest BCUT2D eigenvalue weighted by Gasteiger charge is -2.44. The Balaban J connectivity index is 2.91. The van der Waals surface area contributed by atoms with Gasteiger partial charge in [-0.25, -0.2) is 0 Å². The minimum Gasteiger partial charge on any atom is -0.414 e. The first kappa shape index (κ1) is 28.4. The molecule has 1 rings (SSSR count). The summed E-state index contributed by atoms with van der Waals surface area (Å²) in [5.41, 5.74) is 0.438. The summed E-state index contributed by atoms with van der Waals surface area (Å²) in [7, 11) is -3.58. The van der Waals surface area contributed by atoms with Crippen LogP contribution < -0.4 is 5.19 Å². The molecule has 31 heavy (non-hydrogen) atoms. The Labute approximate surface area is 197 Å². The van der Waals surface area contributed by atoms with Crippen LogP contribution in [0, 0.1) is 0 Å². The predicted octanol–water partition coefficient (Wildman–Crippen LogP) is 9.08. The third-order valence-corrected chi connectivity index (χ3v) is 16.2. The van der Waals surface area contributed by atoms with Crippen molar-refractivity contribution in [1.29, 1.82) is 0 Å². The van der Waals surface area contributed by atoms with E-state index in [0.717, 1.165) is 0 Å². The van der Waals surface area contributed by atoms with Crippen molar-refractivity contribution in [3.05, 3.63) is 43.0 Å². The second-order valence-corrected chi connectivity index (χ2v) is 21.0. The third kappa shape index (κ3) is 9.02. The van der Waals surface area contributed by atoms with Crippen LogP contribution in [0.2, 0.25) is 36.8 Å². The van der Waals surface area contributed by atoms with Crippen molar-refractivity contribution in [2.75, 3.05) is 0 Å². The largest absolute Gasteiger partial charge is 0.414 e. The molecule has 1 aromatic rings. The van der Waals surface area contributed by atoms with Crippen LogP contribution in [0.25, 0.3) is 0 Å². The second-order valence-electron chi connectivity index (χ2n) is 11.5. The number of benzene rings is 1. The molecule has 0 N–H and O–H groups in total. The lowest BCUT2D eigenvalue weighted by atomic mass is 10.0. The van der Waals surface area contributed by atoms with Crippen molar-refractivity contribution in [2.24, 2.45) is 0 Å². The Morgan fingerprint density at radius 1 is 0.871 bits per heavy atom. The van der Waals surface area contributed by atoms with Crippen LogP contribution in [0.1, 0.15) is 85.5 Å². The fourth-order valence-electron chi connectivity index (χ4n) is 4.32. The van der Waals surface area contributed by atoms with E-state index in [1.165, 1.54) is 63.0 Å². The van der Waals surface area contributed by atoms with Crippen molar-refractivity contribution < 1.29 is 4.43 Å². The third-order valence-electron chi connectivity index (χ3n) is 7.60. The molecule has 0 amide bonds. The summed E-state index contributed by atoms with van der Waals surface area (Å²) in [6.07, 6.45) is 14.6. The average molecular weight is 461 g/mol. The molecule has 3 heteroatoms. The van der Waals surface area contributed by atoms with E-state index >= 15 is 0 Å². The Morgan fingerprint density at radius 2 is 1.39 bits per heavy atom. The van der Waals surface area contributed by atoms with E-state index < -0.39 is 16.4 Å². The zero-order valence-corrected chi connectivity index (χ0v) is 24.1. The topological polar surface area (TPSA) is 9.23 Å². The molecule has 0 unspecified atom stereocenters. The Morgan fingerprint density at radius 3 is 1.87 bits per heavy atom. The van der Waals surface area contributed by atoms with E-state index in [0.29, 0.717) is 11.6 Å². The molecule has 0 aromatic heterocycles. The number of hydrogen-bond acceptors (Lipinski definition) is 1. The van der Waals surface area contributed by atoms with Gasteiger partial charge in [-0.2, -0.15) is 0 Å². The maximum absolute atomic E-state index is 7.13. The minimum atomic E-state index is -1.84. The molecule has 0 spiro atoms. The lowest BCUT2D eigenvalue weighted by Crippen LogP contribution is -2.53. The van der Waals surface area contributed by atoms with Crippen LogP contribution >= 0.6 is 0 Å². The van der Waals surface area contributed by atoms with Crippen LogP contribution in [-0.2, 0) is 4.43 Å². The molecule has 0 heterocycles. The van der Waals surface area contributed by atoms with Gasteiger partial charge in [0.15, 0.2) is 8.32 Å². The highest BCUT2D eigenvalue weighted by atomic mass is 28.4. The lowest BCUT2D eigenvalue weighted by molar-refractivity contribution is 0.168. The number of rotatable bonds is 15. The summed E-state index contributed by atoms with van der Waals surface area (Å²) in [6.45, 7) is 23.5. The molecule has 2 atom stereocenters. The molecule has 1 aromatic carbocycles. The normalized spacial score (nSPS) is 15.0. The van der Waals surface area contributed by atoms with E-state index in [1.54, 1.807) is 0 Å². The summed E-state index contributed by atoms with van der Waals surface area (Å²) in [4.78, 5) is 0. The molecule has 0 aliphatic rings. The Hall–Kier alpha value is -0.646. The van der Waals surface area contributed by atoms with Gasteiger partial charge in [0.05, 0.1) is 8.07 Å². The average Bonchev–Trinajstić information content (AvgIpc) is 2.69. The highest BCUT2D eigenvalue weighted by Crippen LogP contribution is 2.41. The van der Waals surface area contributed by atoms with Gasteiger partial charge in [0.2, 0.25) is 0 Å². The van der Waals surface area contributed by atoms with Gasteiger partial charge in [-0.05, 0) is 24.6 Å². The fraction of sp³-hybridized carbons (Fsp3) is 0.714. The summed E-state index contributed by atoms with van der Waals surface area (Å²) in [5, 5.41) is 1.74. The Bertz CT molecular complexity index is 616.